The molecule has 0 bridgehead atoms. The van der Waals surface area contributed by atoms with Crippen LogP contribution in [0.5, 0.6) is 0 Å². The van der Waals surface area contributed by atoms with Gasteiger partial charge in [0.2, 0.25) is 16.9 Å². The smallest absolute Gasteiger partial charge is 0.248 e. The van der Waals surface area contributed by atoms with Crippen molar-refractivity contribution in [3.05, 3.63) is 33.5 Å². The Hall–Kier alpha value is -1.87. The number of nitrogens with one attached hydrogen (secondary N) is 2. The topological polar surface area (TPSA) is 96.9 Å². The maximum Gasteiger partial charge on any atom is 0.248 e. The third-order valence-corrected chi connectivity index (χ3v) is 6.10. The Kier molecular flexibility index (Phi) is 8.70. The fourth-order valence-electron chi connectivity index (χ4n) is 3.01. The standard InChI is InChI=1S/C20H28BrN5O2S/c1-5-7-15(23-16(27)10-13-9-14(21)12-22-11-13)17(28)24-19-26-25-18(29-19)20(3,4)8-6-2/h9,11-12,15H,5-8,10H2,1-4H3,(H,23,27)(H,24,26,28). The Labute approximate surface area is 184 Å². The molecule has 0 spiro atoms. The van der Waals surface area contributed by atoms with Crippen molar-refractivity contribution in [1.82, 2.24) is 20.5 Å². The van der Waals surface area contributed by atoms with Crippen molar-refractivity contribution < 1.29 is 9.59 Å². The van der Waals surface area contributed by atoms with Crippen LogP contribution < -0.4 is 10.6 Å². The number of halogens is 1. The molecule has 158 valence electrons. The number of carbonyl (C=O) groups excluding carboxylic acids is 2. The lowest BCUT2D eigenvalue weighted by atomic mass is 9.89. The highest BCUT2D eigenvalue weighted by atomic mass is 79.9. The summed E-state index contributed by atoms with van der Waals surface area (Å²) in [6, 6.07) is 1.21. The van der Waals surface area contributed by atoms with E-state index in [9.17, 15) is 9.59 Å². The molecular weight excluding hydrogens is 454 g/mol. The third kappa shape index (κ3) is 7.15. The lowest BCUT2D eigenvalue weighted by molar-refractivity contribution is -0.126. The molecule has 0 aliphatic rings. The van der Waals surface area contributed by atoms with Crippen LogP contribution in [-0.4, -0.2) is 33.0 Å². The molecule has 29 heavy (non-hydrogen) atoms. The molecule has 7 nitrogen and oxygen atoms in total. The summed E-state index contributed by atoms with van der Waals surface area (Å²) >= 11 is 4.73. The first-order valence-corrected chi connectivity index (χ1v) is 11.4. The van der Waals surface area contributed by atoms with Gasteiger partial charge in [-0.05, 0) is 40.4 Å². The number of anilines is 1. The number of pyridine rings is 1. The summed E-state index contributed by atoms with van der Waals surface area (Å²) in [6.07, 6.45) is 6.81. The zero-order chi connectivity index (χ0) is 21.4. The van der Waals surface area contributed by atoms with Crippen LogP contribution >= 0.6 is 27.3 Å². The van der Waals surface area contributed by atoms with E-state index >= 15 is 0 Å². The van der Waals surface area contributed by atoms with Crippen molar-refractivity contribution in [2.75, 3.05) is 5.32 Å². The molecule has 1 atom stereocenters. The van der Waals surface area contributed by atoms with Crippen LogP contribution in [0.15, 0.2) is 22.9 Å². The van der Waals surface area contributed by atoms with Gasteiger partial charge >= 0.3 is 0 Å². The lowest BCUT2D eigenvalue weighted by Crippen LogP contribution is -2.44. The Morgan fingerprint density at radius 2 is 1.97 bits per heavy atom. The van der Waals surface area contributed by atoms with Crippen LogP contribution in [0.25, 0.3) is 0 Å². The van der Waals surface area contributed by atoms with Crippen molar-refractivity contribution in [3.63, 3.8) is 0 Å². The molecule has 0 aromatic carbocycles. The molecule has 0 saturated carbocycles. The summed E-state index contributed by atoms with van der Waals surface area (Å²) in [7, 11) is 0. The number of amides is 2. The molecule has 1 unspecified atom stereocenters. The highest BCUT2D eigenvalue weighted by Crippen LogP contribution is 2.32. The minimum absolute atomic E-state index is 0.0789. The second-order valence-corrected chi connectivity index (χ2v) is 9.53. The van der Waals surface area contributed by atoms with Gasteiger partial charge in [0.05, 0.1) is 6.42 Å². The van der Waals surface area contributed by atoms with Crippen LogP contribution in [0.3, 0.4) is 0 Å². The molecule has 0 aliphatic heterocycles. The van der Waals surface area contributed by atoms with Gasteiger partial charge in [0.1, 0.15) is 11.0 Å². The molecule has 0 radical (unpaired) electrons. The van der Waals surface area contributed by atoms with Gasteiger partial charge in [0.15, 0.2) is 0 Å². The molecule has 0 aliphatic carbocycles. The van der Waals surface area contributed by atoms with Crippen molar-refractivity contribution in [2.24, 2.45) is 0 Å². The largest absolute Gasteiger partial charge is 0.344 e. The van der Waals surface area contributed by atoms with E-state index in [0.29, 0.717) is 11.6 Å². The maximum absolute atomic E-state index is 12.7. The van der Waals surface area contributed by atoms with E-state index in [1.165, 1.54) is 11.3 Å². The minimum Gasteiger partial charge on any atom is -0.344 e. The average Bonchev–Trinajstić information content (AvgIpc) is 3.10. The fraction of sp³-hybridized carbons (Fsp3) is 0.550. The van der Waals surface area contributed by atoms with Crippen molar-refractivity contribution in [1.29, 1.82) is 0 Å². The second-order valence-electron chi connectivity index (χ2n) is 7.63. The van der Waals surface area contributed by atoms with Crippen LogP contribution in [-0.2, 0) is 21.4 Å². The quantitative estimate of drug-likeness (QED) is 0.528. The summed E-state index contributed by atoms with van der Waals surface area (Å²) in [6.45, 7) is 8.35. The summed E-state index contributed by atoms with van der Waals surface area (Å²) < 4.78 is 0.809. The predicted octanol–water partition coefficient (Wildman–Crippen LogP) is 4.24. The molecule has 9 heteroatoms. The Morgan fingerprint density at radius 3 is 2.62 bits per heavy atom. The Bertz CT molecular complexity index is 840. The first-order valence-electron chi connectivity index (χ1n) is 9.78. The molecule has 2 rings (SSSR count). The predicted molar refractivity (Wildman–Crippen MR) is 119 cm³/mol. The van der Waals surface area contributed by atoms with Crippen LogP contribution in [0, 0.1) is 0 Å². The van der Waals surface area contributed by atoms with E-state index < -0.39 is 6.04 Å². The molecule has 2 aromatic heterocycles. The van der Waals surface area contributed by atoms with Gasteiger partial charge in [-0.15, -0.1) is 10.2 Å². The van der Waals surface area contributed by atoms with Crippen molar-refractivity contribution in [2.45, 2.75) is 71.3 Å². The normalized spacial score (nSPS) is 12.4. The van der Waals surface area contributed by atoms with Gasteiger partial charge in [-0.2, -0.15) is 0 Å². The maximum atomic E-state index is 12.7. The summed E-state index contributed by atoms with van der Waals surface area (Å²) in [5.74, 6) is -0.496. The van der Waals surface area contributed by atoms with E-state index in [4.69, 9.17) is 0 Å². The summed E-state index contributed by atoms with van der Waals surface area (Å²) in [4.78, 5) is 29.2. The molecule has 0 fully saturated rings. The van der Waals surface area contributed by atoms with E-state index in [1.54, 1.807) is 12.4 Å². The highest BCUT2D eigenvalue weighted by Gasteiger charge is 2.26. The number of nitrogens with zero attached hydrogens (tertiary/aromatic N) is 3. The number of rotatable bonds is 10. The second kappa shape index (κ2) is 10.8. The number of carbonyl (C=O) groups is 2. The fourth-order valence-corrected chi connectivity index (χ4v) is 4.30. The number of hydrogen-bond acceptors (Lipinski definition) is 6. The molecule has 2 heterocycles. The van der Waals surface area contributed by atoms with E-state index in [-0.39, 0.29) is 23.7 Å². The SMILES string of the molecule is CCCC(NC(=O)Cc1cncc(Br)c1)C(=O)Nc1nnc(C(C)(C)CCC)s1. The third-order valence-electron chi connectivity index (χ3n) is 4.46. The van der Waals surface area contributed by atoms with Crippen molar-refractivity contribution >= 4 is 44.2 Å². The van der Waals surface area contributed by atoms with E-state index in [1.807, 2.05) is 13.0 Å². The molecule has 0 saturated heterocycles. The van der Waals surface area contributed by atoms with E-state index in [0.717, 1.165) is 34.3 Å². The molecule has 2 aromatic rings. The number of aromatic nitrogens is 3. The van der Waals surface area contributed by atoms with Gasteiger partial charge in [-0.3, -0.25) is 19.9 Å². The lowest BCUT2D eigenvalue weighted by Gasteiger charge is -2.19. The van der Waals surface area contributed by atoms with Crippen LogP contribution in [0.4, 0.5) is 5.13 Å². The Morgan fingerprint density at radius 1 is 1.21 bits per heavy atom. The molecule has 2 N–H and O–H groups in total. The average molecular weight is 482 g/mol. The zero-order valence-corrected chi connectivity index (χ0v) is 19.7. The Balaban J connectivity index is 2.00. The van der Waals surface area contributed by atoms with E-state index in [2.05, 4.69) is 62.5 Å². The first-order chi connectivity index (χ1) is 13.7. The van der Waals surface area contributed by atoms with Crippen molar-refractivity contribution in [3.8, 4) is 0 Å². The first kappa shape index (κ1) is 23.4. The van der Waals surface area contributed by atoms with Gasteiger partial charge in [0, 0.05) is 22.3 Å². The van der Waals surface area contributed by atoms with Crippen LogP contribution in [0.1, 0.15) is 63.9 Å². The monoisotopic (exact) mass is 481 g/mol. The molecule has 2 amide bonds. The van der Waals surface area contributed by atoms with Gasteiger partial charge in [-0.25, -0.2) is 0 Å². The highest BCUT2D eigenvalue weighted by molar-refractivity contribution is 9.10. The summed E-state index contributed by atoms with van der Waals surface area (Å²) in [5.41, 5.74) is 0.698. The zero-order valence-electron chi connectivity index (χ0n) is 17.3. The molecular formula is C20H28BrN5O2S. The number of hydrogen-bond donors (Lipinski definition) is 2. The van der Waals surface area contributed by atoms with Gasteiger partial charge in [0.25, 0.3) is 0 Å². The van der Waals surface area contributed by atoms with Gasteiger partial charge in [-0.1, -0.05) is 51.9 Å². The minimum atomic E-state index is -0.622. The van der Waals surface area contributed by atoms with Crippen LogP contribution in [0.2, 0.25) is 0 Å². The summed E-state index contributed by atoms with van der Waals surface area (Å²) in [5, 5.41) is 15.4. The van der Waals surface area contributed by atoms with Gasteiger partial charge < -0.3 is 5.32 Å².